The fourth-order valence-electron chi connectivity index (χ4n) is 4.76. The maximum atomic E-state index is 12.9. The molecule has 0 aliphatic carbocycles. The molecule has 7 nitrogen and oxygen atoms in total. The summed E-state index contributed by atoms with van der Waals surface area (Å²) < 4.78 is 32.5. The van der Waals surface area contributed by atoms with Crippen molar-refractivity contribution in [1.29, 1.82) is 0 Å². The molecule has 2 unspecified atom stereocenters. The molecule has 37 heavy (non-hydrogen) atoms. The number of nitrogens with one attached hydrogen (secondary N) is 1. The minimum absolute atomic E-state index is 0.0187. The molecule has 2 aliphatic rings. The summed E-state index contributed by atoms with van der Waals surface area (Å²) in [6.07, 6.45) is 0.868. The zero-order valence-electron chi connectivity index (χ0n) is 20.3. The van der Waals surface area contributed by atoms with E-state index in [-0.39, 0.29) is 30.3 Å². The highest BCUT2D eigenvalue weighted by Crippen LogP contribution is 2.36. The number of nitrogens with zero attached hydrogens (tertiary/aromatic N) is 2. The molecular weight excluding hydrogens is 533 g/mol. The fourth-order valence-corrected chi connectivity index (χ4v) is 6.18. The minimum atomic E-state index is -3.61. The quantitative estimate of drug-likeness (QED) is 0.404. The van der Waals surface area contributed by atoms with Crippen LogP contribution in [0.5, 0.6) is 0 Å². The normalized spacial score (nSPS) is 19.9. The van der Waals surface area contributed by atoms with Crippen LogP contribution in [0.3, 0.4) is 0 Å². The van der Waals surface area contributed by atoms with E-state index in [1.165, 1.54) is 10.6 Å². The zero-order valence-corrected chi connectivity index (χ0v) is 22.7. The number of amides is 1. The predicted molar refractivity (Wildman–Crippen MR) is 146 cm³/mol. The van der Waals surface area contributed by atoms with Crippen LogP contribution in [0.15, 0.2) is 72.8 Å². The molecule has 1 amide bonds. The van der Waals surface area contributed by atoms with Crippen molar-refractivity contribution >= 4 is 44.8 Å². The molecule has 2 heterocycles. The van der Waals surface area contributed by atoms with E-state index in [2.05, 4.69) is 10.2 Å². The lowest BCUT2D eigenvalue weighted by Gasteiger charge is -2.48. The van der Waals surface area contributed by atoms with Crippen molar-refractivity contribution in [2.45, 2.75) is 31.3 Å². The summed E-state index contributed by atoms with van der Waals surface area (Å²) in [4.78, 5) is 14.9. The van der Waals surface area contributed by atoms with Crippen molar-refractivity contribution in [2.75, 3.05) is 23.7 Å². The third-order valence-corrected chi connectivity index (χ3v) is 8.39. The molecule has 10 heteroatoms. The lowest BCUT2D eigenvalue weighted by molar-refractivity contribution is 0.0935. The van der Waals surface area contributed by atoms with Gasteiger partial charge in [0.25, 0.3) is 5.91 Å². The smallest absolute Gasteiger partial charge is 0.253 e. The zero-order chi connectivity index (χ0) is 26.3. The Labute approximate surface area is 227 Å². The van der Waals surface area contributed by atoms with Gasteiger partial charge >= 0.3 is 0 Å². The van der Waals surface area contributed by atoms with E-state index >= 15 is 0 Å². The summed E-state index contributed by atoms with van der Waals surface area (Å²) in [5.74, 6) is -0.301. The standard InChI is InChI=1S/C27H27Cl2N3O4S/c1-17-27(36-17)30-26(33)20-4-3-5-23(14-20)32(37(2,34)35)24-15-31(16-24)25(18-6-10-21(28)11-7-18)19-8-12-22(29)13-9-19/h3-14,17,24-25,27H,15-16H2,1-2H3,(H,30,33). The Balaban J connectivity index is 1.39. The molecular formula is C27H27Cl2N3O4S. The third-order valence-electron chi connectivity index (χ3n) is 6.66. The highest BCUT2D eigenvalue weighted by Gasteiger charge is 2.41. The van der Waals surface area contributed by atoms with Crippen LogP contribution in [-0.2, 0) is 14.8 Å². The second-order valence-corrected chi connectivity index (χ2v) is 12.2. The van der Waals surface area contributed by atoms with Crippen molar-refractivity contribution in [2.24, 2.45) is 0 Å². The summed E-state index contributed by atoms with van der Waals surface area (Å²) >= 11 is 12.3. The monoisotopic (exact) mass is 559 g/mol. The van der Waals surface area contributed by atoms with E-state index in [0.717, 1.165) is 11.1 Å². The number of carbonyl (C=O) groups is 1. The summed E-state index contributed by atoms with van der Waals surface area (Å²) in [6, 6.07) is 21.6. The van der Waals surface area contributed by atoms with Crippen molar-refractivity contribution in [3.63, 3.8) is 0 Å². The number of ether oxygens (including phenoxy) is 1. The van der Waals surface area contributed by atoms with Gasteiger partial charge in [0.2, 0.25) is 10.0 Å². The van der Waals surface area contributed by atoms with E-state index in [4.69, 9.17) is 27.9 Å². The van der Waals surface area contributed by atoms with Gasteiger partial charge in [0.15, 0.2) is 6.23 Å². The number of epoxide rings is 1. The first kappa shape index (κ1) is 26.0. The highest BCUT2D eigenvalue weighted by atomic mass is 35.5. The maximum absolute atomic E-state index is 12.9. The number of rotatable bonds is 8. The lowest BCUT2D eigenvalue weighted by atomic mass is 9.93. The van der Waals surface area contributed by atoms with Gasteiger partial charge in [-0.15, -0.1) is 0 Å². The van der Waals surface area contributed by atoms with Gasteiger partial charge in [0.05, 0.1) is 24.0 Å². The largest absolute Gasteiger partial charge is 0.348 e. The second-order valence-electron chi connectivity index (χ2n) is 9.46. The summed E-state index contributed by atoms with van der Waals surface area (Å²) in [7, 11) is -3.61. The third kappa shape index (κ3) is 5.78. The Hall–Kier alpha value is -2.62. The molecule has 3 aromatic carbocycles. The number of likely N-dealkylation sites (tertiary alicyclic amines) is 1. The maximum Gasteiger partial charge on any atom is 0.253 e. The van der Waals surface area contributed by atoms with Crippen LogP contribution in [0.1, 0.15) is 34.5 Å². The van der Waals surface area contributed by atoms with E-state index < -0.39 is 10.0 Å². The van der Waals surface area contributed by atoms with E-state index in [9.17, 15) is 13.2 Å². The molecule has 0 aromatic heterocycles. The molecule has 2 fully saturated rings. The molecule has 2 atom stereocenters. The Bertz CT molecular complexity index is 1350. The molecule has 3 aromatic rings. The van der Waals surface area contributed by atoms with Gasteiger partial charge < -0.3 is 10.1 Å². The molecule has 2 saturated heterocycles. The molecule has 2 aliphatic heterocycles. The average molecular weight is 561 g/mol. The van der Waals surface area contributed by atoms with Gasteiger partial charge in [0, 0.05) is 28.7 Å². The number of hydrogen-bond acceptors (Lipinski definition) is 5. The van der Waals surface area contributed by atoms with Crippen LogP contribution >= 0.6 is 23.2 Å². The Morgan fingerprint density at radius 3 is 2.03 bits per heavy atom. The first-order chi connectivity index (χ1) is 17.6. The topological polar surface area (TPSA) is 82.2 Å². The summed E-state index contributed by atoms with van der Waals surface area (Å²) in [5, 5.41) is 4.09. The molecule has 0 radical (unpaired) electrons. The van der Waals surface area contributed by atoms with Gasteiger partial charge in [-0.2, -0.15) is 0 Å². The van der Waals surface area contributed by atoms with Gasteiger partial charge in [-0.05, 0) is 60.5 Å². The first-order valence-corrected chi connectivity index (χ1v) is 14.5. The highest BCUT2D eigenvalue weighted by molar-refractivity contribution is 7.92. The minimum Gasteiger partial charge on any atom is -0.348 e. The van der Waals surface area contributed by atoms with E-state index in [1.807, 2.05) is 55.5 Å². The summed E-state index contributed by atoms with van der Waals surface area (Å²) in [5.41, 5.74) is 2.93. The summed E-state index contributed by atoms with van der Waals surface area (Å²) in [6.45, 7) is 2.89. The van der Waals surface area contributed by atoms with Crippen LogP contribution in [-0.4, -0.2) is 56.9 Å². The first-order valence-electron chi connectivity index (χ1n) is 11.9. The number of sulfonamides is 1. The Morgan fingerprint density at radius 2 is 1.54 bits per heavy atom. The van der Waals surface area contributed by atoms with E-state index in [0.29, 0.717) is 34.4 Å². The predicted octanol–water partition coefficient (Wildman–Crippen LogP) is 4.71. The second kappa shape index (κ2) is 10.3. The SMILES string of the molecule is CC1OC1NC(=O)c1cccc(N(C2CN(C(c3ccc(Cl)cc3)c3ccc(Cl)cc3)C2)S(C)(=O)=O)c1. The van der Waals surface area contributed by atoms with Crippen molar-refractivity contribution < 1.29 is 17.9 Å². The number of hydrogen-bond donors (Lipinski definition) is 1. The number of halogens is 2. The lowest BCUT2D eigenvalue weighted by Crippen LogP contribution is -2.61. The van der Waals surface area contributed by atoms with Crippen LogP contribution in [0.25, 0.3) is 0 Å². The van der Waals surface area contributed by atoms with Crippen molar-refractivity contribution in [3.8, 4) is 0 Å². The van der Waals surface area contributed by atoms with Crippen LogP contribution in [0, 0.1) is 0 Å². The number of benzene rings is 3. The molecule has 1 N–H and O–H groups in total. The van der Waals surface area contributed by atoms with Gasteiger partial charge in [-0.25, -0.2) is 8.42 Å². The van der Waals surface area contributed by atoms with Gasteiger partial charge in [0.1, 0.15) is 6.10 Å². The molecule has 194 valence electrons. The van der Waals surface area contributed by atoms with Crippen LogP contribution in [0.4, 0.5) is 5.69 Å². The Kier molecular flexibility index (Phi) is 7.22. The average Bonchev–Trinajstić information content (AvgIpc) is 3.53. The van der Waals surface area contributed by atoms with Gasteiger partial charge in [-0.1, -0.05) is 53.5 Å². The van der Waals surface area contributed by atoms with Gasteiger partial charge in [-0.3, -0.25) is 14.0 Å². The van der Waals surface area contributed by atoms with Crippen molar-refractivity contribution in [3.05, 3.63) is 99.5 Å². The fraction of sp³-hybridized carbons (Fsp3) is 0.296. The van der Waals surface area contributed by atoms with E-state index in [1.54, 1.807) is 24.3 Å². The molecule has 0 spiro atoms. The van der Waals surface area contributed by atoms with Crippen LogP contribution in [0.2, 0.25) is 10.0 Å². The van der Waals surface area contributed by atoms with Crippen molar-refractivity contribution in [1.82, 2.24) is 10.2 Å². The van der Waals surface area contributed by atoms with Crippen LogP contribution < -0.4 is 9.62 Å². The molecule has 0 saturated carbocycles. The Morgan fingerprint density at radius 1 is 1.00 bits per heavy atom. The number of anilines is 1. The molecule has 0 bridgehead atoms. The molecule has 5 rings (SSSR count). The number of carbonyl (C=O) groups excluding carboxylic acids is 1.